The Kier molecular flexibility index (Phi) is 17.4. The van der Waals surface area contributed by atoms with Gasteiger partial charge in [-0.15, -0.1) is 0 Å². The first kappa shape index (κ1) is 38.3. The average Bonchev–Trinajstić information content (AvgIpc) is 3.53. The van der Waals surface area contributed by atoms with Crippen LogP contribution in [0.3, 0.4) is 0 Å². The molecular weight excluding hydrogens is 621 g/mol. The Morgan fingerprint density at radius 2 is 1.35 bits per heavy atom. The van der Waals surface area contributed by atoms with E-state index in [0.29, 0.717) is 29.9 Å². The summed E-state index contributed by atoms with van der Waals surface area (Å²) in [6, 6.07) is 11.0. The summed E-state index contributed by atoms with van der Waals surface area (Å²) < 4.78 is 29.4. The number of ketones is 1. The second-order valence-electron chi connectivity index (χ2n) is 13.5. The molecule has 0 aliphatic carbocycles. The van der Waals surface area contributed by atoms with Crippen LogP contribution in [-0.2, 0) is 4.74 Å². The Morgan fingerprint density at radius 1 is 0.755 bits per heavy atom. The molecule has 1 aliphatic rings. The number of aromatic nitrogens is 1. The van der Waals surface area contributed by atoms with Crippen molar-refractivity contribution in [1.82, 2.24) is 10.1 Å². The van der Waals surface area contributed by atoms with E-state index in [1.165, 1.54) is 102 Å². The average molecular weight is 680 g/mol. The van der Waals surface area contributed by atoms with Crippen molar-refractivity contribution in [1.29, 1.82) is 0 Å². The Bertz CT molecular complexity index is 1370. The highest BCUT2D eigenvalue weighted by atomic mass is 19.1. The summed E-state index contributed by atoms with van der Waals surface area (Å²) in [5, 5.41) is 5.17. The van der Waals surface area contributed by atoms with E-state index < -0.39 is 6.16 Å². The summed E-state index contributed by atoms with van der Waals surface area (Å²) in [5.74, 6) is 0.851. The molecule has 0 bridgehead atoms. The van der Waals surface area contributed by atoms with Crippen LogP contribution in [0.25, 0.3) is 11.0 Å². The largest absolute Gasteiger partial charge is 0.513 e. The lowest BCUT2D eigenvalue weighted by atomic mass is 10.0. The van der Waals surface area contributed by atoms with Crippen LogP contribution in [0.2, 0.25) is 0 Å². The van der Waals surface area contributed by atoms with Gasteiger partial charge < -0.3 is 18.9 Å². The van der Waals surface area contributed by atoms with Crippen molar-refractivity contribution in [3.05, 3.63) is 53.8 Å². The predicted molar refractivity (Wildman–Crippen MR) is 194 cm³/mol. The molecule has 1 aromatic heterocycles. The number of hydrogen-bond acceptors (Lipinski definition) is 8. The van der Waals surface area contributed by atoms with Crippen molar-refractivity contribution in [2.24, 2.45) is 0 Å². The van der Waals surface area contributed by atoms with Gasteiger partial charge in [-0.25, -0.2) is 9.18 Å². The maximum atomic E-state index is 13.1. The third kappa shape index (κ3) is 14.1. The molecule has 0 saturated carbocycles. The maximum absolute atomic E-state index is 13.1. The highest BCUT2D eigenvalue weighted by Gasteiger charge is 2.22. The fraction of sp³-hybridized carbons (Fsp3) is 0.625. The first-order valence-electron chi connectivity index (χ1n) is 19.0. The fourth-order valence-corrected chi connectivity index (χ4v) is 6.55. The molecule has 1 fully saturated rings. The van der Waals surface area contributed by atoms with E-state index in [9.17, 15) is 14.0 Å². The van der Waals surface area contributed by atoms with Crippen LogP contribution < -0.4 is 9.64 Å². The Morgan fingerprint density at radius 3 is 1.96 bits per heavy atom. The van der Waals surface area contributed by atoms with E-state index in [4.69, 9.17) is 14.0 Å². The number of piperazine rings is 1. The number of anilines is 1. The van der Waals surface area contributed by atoms with Gasteiger partial charge in [0, 0.05) is 44.2 Å². The van der Waals surface area contributed by atoms with Crippen LogP contribution >= 0.6 is 0 Å². The number of nitrogens with zero attached hydrogens (tertiary/aromatic N) is 3. The summed E-state index contributed by atoms with van der Waals surface area (Å²) in [7, 11) is 0. The van der Waals surface area contributed by atoms with Crippen molar-refractivity contribution < 1.29 is 28.0 Å². The van der Waals surface area contributed by atoms with Gasteiger partial charge in [0.25, 0.3) is 0 Å². The smallest absolute Gasteiger partial charge is 0.434 e. The lowest BCUT2D eigenvalue weighted by Gasteiger charge is -2.34. The monoisotopic (exact) mass is 679 g/mol. The number of benzene rings is 2. The van der Waals surface area contributed by atoms with Crippen molar-refractivity contribution in [2.75, 3.05) is 44.2 Å². The molecular formula is C40H58FN3O5. The van der Waals surface area contributed by atoms with Gasteiger partial charge in [-0.05, 0) is 55.8 Å². The zero-order chi connectivity index (χ0) is 34.5. The number of carbonyl (C=O) groups excluding carboxylic acids is 2. The molecule has 0 amide bonds. The number of fused-ring (bicyclic) bond motifs is 1. The standard InChI is InChI=1S/C40H58FN3O5/c1-2-3-4-5-6-7-8-9-10-11-12-13-14-15-16-17-31-47-40(46)48-35-24-25-36-38(32-35)49-42-39(36)44-29-27-43(28-30-44)26-18-19-37(45)33-20-22-34(41)23-21-33/h20-25,32H,2-19,26-31H2,1H3. The van der Waals surface area contributed by atoms with E-state index in [2.05, 4.69) is 21.9 Å². The maximum Gasteiger partial charge on any atom is 0.513 e. The molecule has 1 aliphatic heterocycles. The fourth-order valence-electron chi connectivity index (χ4n) is 6.55. The van der Waals surface area contributed by atoms with Crippen LogP contribution in [0.4, 0.5) is 15.0 Å². The minimum Gasteiger partial charge on any atom is -0.434 e. The van der Waals surface area contributed by atoms with Crippen LogP contribution in [0, 0.1) is 5.82 Å². The normalized spacial score (nSPS) is 13.6. The quantitative estimate of drug-likeness (QED) is 0.0400. The Labute approximate surface area is 292 Å². The molecule has 2 heterocycles. The van der Waals surface area contributed by atoms with Gasteiger partial charge >= 0.3 is 6.16 Å². The SMILES string of the molecule is CCCCCCCCCCCCCCCCCCOC(=O)Oc1ccc2c(N3CCN(CCCC(=O)c4ccc(F)cc4)CC3)noc2c1. The summed E-state index contributed by atoms with van der Waals surface area (Å²) in [6.07, 6.45) is 21.4. The van der Waals surface area contributed by atoms with Gasteiger partial charge in [0.1, 0.15) is 11.6 Å². The third-order valence-corrected chi connectivity index (χ3v) is 9.56. The molecule has 2 aromatic carbocycles. The van der Waals surface area contributed by atoms with Crippen LogP contribution in [0.5, 0.6) is 5.75 Å². The van der Waals surface area contributed by atoms with Crippen LogP contribution in [0.15, 0.2) is 47.0 Å². The molecule has 3 aromatic rings. The lowest BCUT2D eigenvalue weighted by Crippen LogP contribution is -2.46. The van der Waals surface area contributed by atoms with E-state index >= 15 is 0 Å². The first-order chi connectivity index (χ1) is 24.0. The van der Waals surface area contributed by atoms with Crippen molar-refractivity contribution in [2.45, 2.75) is 122 Å². The second kappa shape index (κ2) is 22.3. The Hall–Kier alpha value is -3.46. The molecule has 1 saturated heterocycles. The molecule has 270 valence electrons. The highest BCUT2D eigenvalue weighted by Crippen LogP contribution is 2.30. The highest BCUT2D eigenvalue weighted by molar-refractivity contribution is 5.96. The molecule has 0 unspecified atom stereocenters. The lowest BCUT2D eigenvalue weighted by molar-refractivity contribution is 0.0964. The number of carbonyl (C=O) groups is 2. The number of hydrogen-bond donors (Lipinski definition) is 0. The topological polar surface area (TPSA) is 85.1 Å². The molecule has 0 radical (unpaired) electrons. The van der Waals surface area contributed by atoms with Gasteiger partial charge in [-0.3, -0.25) is 9.69 Å². The minimum atomic E-state index is -0.699. The summed E-state index contributed by atoms with van der Waals surface area (Å²) in [5.41, 5.74) is 1.11. The van der Waals surface area contributed by atoms with E-state index in [1.54, 1.807) is 24.3 Å². The molecule has 8 nitrogen and oxygen atoms in total. The Balaban J connectivity index is 1.02. The summed E-state index contributed by atoms with van der Waals surface area (Å²) >= 11 is 0. The van der Waals surface area contributed by atoms with Gasteiger partial charge in [0.2, 0.25) is 0 Å². The van der Waals surface area contributed by atoms with Crippen molar-refractivity contribution in [3.8, 4) is 5.75 Å². The molecule has 9 heteroatoms. The van der Waals surface area contributed by atoms with Crippen LogP contribution in [0.1, 0.15) is 133 Å². The molecule has 0 atom stereocenters. The zero-order valence-corrected chi connectivity index (χ0v) is 29.8. The van der Waals surface area contributed by atoms with E-state index in [0.717, 1.165) is 63.2 Å². The van der Waals surface area contributed by atoms with Gasteiger partial charge in [-0.1, -0.05) is 108 Å². The van der Waals surface area contributed by atoms with Crippen molar-refractivity contribution in [3.63, 3.8) is 0 Å². The third-order valence-electron chi connectivity index (χ3n) is 9.56. The molecule has 0 spiro atoms. The van der Waals surface area contributed by atoms with E-state index in [-0.39, 0.29) is 11.6 Å². The number of halogens is 1. The number of Topliss-reactive ketones (excluding diaryl/α,β-unsaturated/α-hetero) is 1. The number of ether oxygens (including phenoxy) is 2. The number of unbranched alkanes of at least 4 members (excludes halogenated alkanes) is 15. The summed E-state index contributed by atoms with van der Waals surface area (Å²) in [4.78, 5) is 29.2. The minimum absolute atomic E-state index is 0.0414. The van der Waals surface area contributed by atoms with Gasteiger partial charge in [0.05, 0.1) is 12.0 Å². The first-order valence-corrected chi connectivity index (χ1v) is 19.0. The van der Waals surface area contributed by atoms with Crippen molar-refractivity contribution >= 4 is 28.7 Å². The molecule has 4 rings (SSSR count). The zero-order valence-electron chi connectivity index (χ0n) is 29.8. The molecule has 49 heavy (non-hydrogen) atoms. The molecule has 0 N–H and O–H groups in total. The predicted octanol–water partition coefficient (Wildman–Crippen LogP) is 10.5. The second-order valence-corrected chi connectivity index (χ2v) is 13.5. The number of rotatable bonds is 24. The van der Waals surface area contributed by atoms with E-state index in [1.807, 2.05) is 6.07 Å². The van der Waals surface area contributed by atoms with Gasteiger partial charge in [0.15, 0.2) is 17.2 Å². The van der Waals surface area contributed by atoms with Gasteiger partial charge in [-0.2, -0.15) is 0 Å². The summed E-state index contributed by atoms with van der Waals surface area (Å²) in [6.45, 7) is 6.75. The van der Waals surface area contributed by atoms with Crippen LogP contribution in [-0.4, -0.2) is 61.3 Å².